The van der Waals surface area contributed by atoms with Gasteiger partial charge in [-0.05, 0) is 6.92 Å². The fourth-order valence-corrected chi connectivity index (χ4v) is 2.67. The minimum atomic E-state index is -0.952. The van der Waals surface area contributed by atoms with E-state index in [1.165, 1.54) is 0 Å². The number of carboxylic acid groups (broad SMARTS) is 1. The Labute approximate surface area is 117 Å². The van der Waals surface area contributed by atoms with Crippen LogP contribution in [-0.2, 0) is 20.9 Å². The van der Waals surface area contributed by atoms with Crippen LogP contribution in [0.15, 0.2) is 12.5 Å². The van der Waals surface area contributed by atoms with Gasteiger partial charge in [0.15, 0.2) is 0 Å². The zero-order valence-corrected chi connectivity index (χ0v) is 11.7. The number of hydrogen-bond acceptors (Lipinski definition) is 4. The number of hydrogen-bond donors (Lipinski definition) is 1. The quantitative estimate of drug-likeness (QED) is 0.822. The van der Waals surface area contributed by atoms with E-state index >= 15 is 0 Å². The number of amides is 1. The van der Waals surface area contributed by atoms with Crippen LogP contribution in [0.1, 0.15) is 25.1 Å². The summed E-state index contributed by atoms with van der Waals surface area (Å²) in [6.07, 6.45) is 3.33. The lowest BCUT2D eigenvalue weighted by atomic mass is 9.98. The van der Waals surface area contributed by atoms with Crippen molar-refractivity contribution >= 4 is 11.9 Å². The van der Waals surface area contributed by atoms with Gasteiger partial charge < -0.3 is 19.3 Å². The Morgan fingerprint density at radius 2 is 2.35 bits per heavy atom. The van der Waals surface area contributed by atoms with Crippen LogP contribution >= 0.6 is 0 Å². The van der Waals surface area contributed by atoms with Crippen LogP contribution in [-0.4, -0.2) is 51.7 Å². The minimum absolute atomic E-state index is 0.0264. The summed E-state index contributed by atoms with van der Waals surface area (Å²) in [5.41, 5.74) is 0.766. The number of carbonyl (C=O) groups excluding carboxylic acids is 1. The average molecular weight is 281 g/mol. The van der Waals surface area contributed by atoms with E-state index < -0.39 is 17.9 Å². The summed E-state index contributed by atoms with van der Waals surface area (Å²) < 4.78 is 6.88. The number of methoxy groups -OCH3 is 1. The van der Waals surface area contributed by atoms with E-state index in [9.17, 15) is 14.7 Å². The highest BCUT2D eigenvalue weighted by atomic mass is 16.5. The molecular formula is C13H19N3O4. The maximum absolute atomic E-state index is 12.1. The van der Waals surface area contributed by atoms with Crippen LogP contribution in [0, 0.1) is 5.92 Å². The van der Waals surface area contributed by atoms with Crippen LogP contribution < -0.4 is 0 Å². The molecule has 2 atom stereocenters. The van der Waals surface area contributed by atoms with Crippen molar-refractivity contribution in [1.29, 1.82) is 0 Å². The number of carboxylic acids is 1. The number of aromatic nitrogens is 2. The lowest BCUT2D eigenvalue weighted by Crippen LogP contribution is -2.34. The molecule has 1 fully saturated rings. The van der Waals surface area contributed by atoms with E-state index in [2.05, 4.69) is 4.98 Å². The van der Waals surface area contributed by atoms with Gasteiger partial charge in [-0.25, -0.2) is 4.98 Å². The number of likely N-dealkylation sites (tertiary alicyclic amines) is 1. The standard InChI is InChI=1S/C13H19N3O4/c1-3-15-8-14-7-10(15)12-9(13(18)19)6-11(17)16(12)4-5-20-2/h7-9,12H,3-6H2,1-2H3,(H,18,19). The third kappa shape index (κ3) is 2.53. The fourth-order valence-electron chi connectivity index (χ4n) is 2.67. The molecule has 7 heteroatoms. The van der Waals surface area contributed by atoms with Crippen molar-refractivity contribution in [3.63, 3.8) is 0 Å². The van der Waals surface area contributed by atoms with Crippen LogP contribution in [0.3, 0.4) is 0 Å². The molecule has 0 bridgehead atoms. The molecule has 2 rings (SSSR count). The first-order valence-electron chi connectivity index (χ1n) is 6.61. The Kier molecular flexibility index (Phi) is 4.39. The van der Waals surface area contributed by atoms with Crippen LogP contribution in [0.5, 0.6) is 0 Å². The first-order valence-corrected chi connectivity index (χ1v) is 6.61. The van der Waals surface area contributed by atoms with E-state index in [0.29, 0.717) is 19.7 Å². The van der Waals surface area contributed by atoms with Crippen LogP contribution in [0.4, 0.5) is 0 Å². The van der Waals surface area contributed by atoms with Crippen LogP contribution in [0.2, 0.25) is 0 Å². The van der Waals surface area contributed by atoms with Crippen molar-refractivity contribution in [2.24, 2.45) is 5.92 Å². The number of rotatable bonds is 6. The molecule has 7 nitrogen and oxygen atoms in total. The lowest BCUT2D eigenvalue weighted by Gasteiger charge is -2.27. The van der Waals surface area contributed by atoms with E-state index in [4.69, 9.17) is 4.74 Å². The second-order valence-electron chi connectivity index (χ2n) is 4.78. The van der Waals surface area contributed by atoms with Gasteiger partial charge in [-0.3, -0.25) is 9.59 Å². The normalized spacial score (nSPS) is 22.5. The molecule has 1 amide bonds. The van der Waals surface area contributed by atoms with E-state index in [1.54, 1.807) is 24.5 Å². The smallest absolute Gasteiger partial charge is 0.309 e. The topological polar surface area (TPSA) is 84.7 Å². The SMILES string of the molecule is CCn1cncc1C1C(C(=O)O)CC(=O)N1CCOC. The maximum atomic E-state index is 12.1. The van der Waals surface area contributed by atoms with Crippen molar-refractivity contribution in [2.45, 2.75) is 25.9 Å². The van der Waals surface area contributed by atoms with Gasteiger partial charge in [-0.15, -0.1) is 0 Å². The largest absolute Gasteiger partial charge is 0.481 e. The molecule has 1 aliphatic heterocycles. The second-order valence-corrected chi connectivity index (χ2v) is 4.78. The zero-order chi connectivity index (χ0) is 14.7. The highest BCUT2D eigenvalue weighted by Gasteiger charge is 2.45. The fraction of sp³-hybridized carbons (Fsp3) is 0.615. The van der Waals surface area contributed by atoms with Crippen molar-refractivity contribution in [3.8, 4) is 0 Å². The van der Waals surface area contributed by atoms with Gasteiger partial charge in [0.1, 0.15) is 0 Å². The minimum Gasteiger partial charge on any atom is -0.481 e. The highest BCUT2D eigenvalue weighted by Crippen LogP contribution is 2.37. The molecule has 0 aromatic carbocycles. The summed E-state index contributed by atoms with van der Waals surface area (Å²) in [5, 5.41) is 9.37. The summed E-state index contributed by atoms with van der Waals surface area (Å²) in [7, 11) is 1.56. The summed E-state index contributed by atoms with van der Waals surface area (Å²) in [4.78, 5) is 29.2. The van der Waals surface area contributed by atoms with E-state index in [-0.39, 0.29) is 12.3 Å². The van der Waals surface area contributed by atoms with Crippen LogP contribution in [0.25, 0.3) is 0 Å². The van der Waals surface area contributed by atoms with E-state index in [1.807, 2.05) is 11.5 Å². The average Bonchev–Trinajstić information content (AvgIpc) is 3.00. The Morgan fingerprint density at radius 1 is 1.60 bits per heavy atom. The molecular weight excluding hydrogens is 262 g/mol. The highest BCUT2D eigenvalue weighted by molar-refractivity contribution is 5.87. The maximum Gasteiger partial charge on any atom is 0.309 e. The summed E-state index contributed by atoms with van der Waals surface area (Å²) in [5.74, 6) is -1.84. The first-order chi connectivity index (χ1) is 9.60. The molecule has 0 radical (unpaired) electrons. The molecule has 1 aromatic rings. The Balaban J connectivity index is 2.35. The first kappa shape index (κ1) is 14.5. The molecule has 110 valence electrons. The third-order valence-corrected chi connectivity index (χ3v) is 3.67. The summed E-state index contributed by atoms with van der Waals surface area (Å²) in [6.45, 7) is 3.41. The molecule has 1 N–H and O–H groups in total. The molecule has 0 spiro atoms. The lowest BCUT2D eigenvalue weighted by molar-refractivity contribution is -0.142. The van der Waals surface area contributed by atoms with Gasteiger partial charge in [0, 0.05) is 26.6 Å². The number of imidazole rings is 1. The zero-order valence-electron chi connectivity index (χ0n) is 11.7. The molecule has 1 aliphatic rings. The molecule has 1 aromatic heterocycles. The molecule has 0 aliphatic carbocycles. The molecule has 2 unspecified atom stereocenters. The van der Waals surface area contributed by atoms with Gasteiger partial charge in [0.2, 0.25) is 5.91 Å². The van der Waals surface area contributed by atoms with Gasteiger partial charge in [0.05, 0.1) is 36.8 Å². The molecule has 20 heavy (non-hydrogen) atoms. The molecule has 1 saturated heterocycles. The third-order valence-electron chi connectivity index (χ3n) is 3.67. The van der Waals surface area contributed by atoms with E-state index in [0.717, 1.165) is 5.69 Å². The van der Waals surface area contributed by atoms with Gasteiger partial charge in [-0.2, -0.15) is 0 Å². The number of carbonyl (C=O) groups is 2. The van der Waals surface area contributed by atoms with Gasteiger partial charge in [0.25, 0.3) is 0 Å². The Morgan fingerprint density at radius 3 is 2.95 bits per heavy atom. The number of nitrogens with zero attached hydrogens (tertiary/aromatic N) is 3. The van der Waals surface area contributed by atoms with Crippen molar-refractivity contribution < 1.29 is 19.4 Å². The number of aliphatic carboxylic acids is 1. The predicted octanol–water partition coefficient (Wildman–Crippen LogP) is 0.524. The second kappa shape index (κ2) is 6.04. The number of aryl methyl sites for hydroxylation is 1. The molecule has 2 heterocycles. The van der Waals surface area contributed by atoms with Crippen molar-refractivity contribution in [3.05, 3.63) is 18.2 Å². The Bertz CT molecular complexity index is 500. The van der Waals surface area contributed by atoms with Crippen molar-refractivity contribution in [1.82, 2.24) is 14.5 Å². The van der Waals surface area contributed by atoms with Gasteiger partial charge >= 0.3 is 5.97 Å². The monoisotopic (exact) mass is 281 g/mol. The molecule has 0 saturated carbocycles. The summed E-state index contributed by atoms with van der Waals surface area (Å²) in [6, 6.07) is -0.474. The van der Waals surface area contributed by atoms with Crippen molar-refractivity contribution in [2.75, 3.05) is 20.3 Å². The number of ether oxygens (including phenoxy) is 1. The van der Waals surface area contributed by atoms with Gasteiger partial charge in [-0.1, -0.05) is 0 Å². The predicted molar refractivity (Wildman–Crippen MR) is 70.0 cm³/mol. The Hall–Kier alpha value is -1.89. The summed E-state index contributed by atoms with van der Waals surface area (Å²) >= 11 is 0.